The number of para-hydroxylation sites is 1. The second-order valence-electron chi connectivity index (χ2n) is 7.98. The first kappa shape index (κ1) is 23.7. The molecule has 1 N–H and O–H groups in total. The maximum absolute atomic E-state index is 12.1. The SMILES string of the molecule is CN(CC(=O)NC(C)(C)C)C(=O)COC(=O)/C=C/c1cccc(Oc2ccccc2)c1. The van der Waals surface area contributed by atoms with Crippen LogP contribution < -0.4 is 10.1 Å². The van der Waals surface area contributed by atoms with Crippen LogP contribution in [0, 0.1) is 0 Å². The van der Waals surface area contributed by atoms with Gasteiger partial charge in [-0.1, -0.05) is 30.3 Å². The first-order valence-corrected chi connectivity index (χ1v) is 9.85. The second-order valence-corrected chi connectivity index (χ2v) is 7.98. The lowest BCUT2D eigenvalue weighted by Gasteiger charge is -2.23. The lowest BCUT2D eigenvalue weighted by Crippen LogP contribution is -2.46. The molecular formula is C24H28N2O5. The van der Waals surface area contributed by atoms with Gasteiger partial charge in [-0.05, 0) is 56.7 Å². The Labute approximate surface area is 182 Å². The van der Waals surface area contributed by atoms with Gasteiger partial charge >= 0.3 is 5.97 Å². The van der Waals surface area contributed by atoms with Crippen molar-refractivity contribution in [1.82, 2.24) is 10.2 Å². The highest BCUT2D eigenvalue weighted by Crippen LogP contribution is 2.22. The Morgan fingerprint density at radius 3 is 2.35 bits per heavy atom. The summed E-state index contributed by atoms with van der Waals surface area (Å²) in [5.74, 6) is -0.0691. The lowest BCUT2D eigenvalue weighted by molar-refractivity contribution is -0.148. The summed E-state index contributed by atoms with van der Waals surface area (Å²) in [7, 11) is 1.48. The zero-order valence-corrected chi connectivity index (χ0v) is 18.3. The van der Waals surface area contributed by atoms with E-state index in [4.69, 9.17) is 9.47 Å². The van der Waals surface area contributed by atoms with E-state index in [9.17, 15) is 14.4 Å². The highest BCUT2D eigenvalue weighted by Gasteiger charge is 2.18. The minimum absolute atomic E-state index is 0.113. The smallest absolute Gasteiger partial charge is 0.331 e. The molecule has 164 valence electrons. The van der Waals surface area contributed by atoms with E-state index in [-0.39, 0.29) is 18.0 Å². The molecule has 31 heavy (non-hydrogen) atoms. The van der Waals surface area contributed by atoms with Gasteiger partial charge in [0.05, 0.1) is 6.54 Å². The van der Waals surface area contributed by atoms with Crippen molar-refractivity contribution in [3.8, 4) is 11.5 Å². The Balaban J connectivity index is 1.82. The molecule has 0 saturated carbocycles. The molecule has 0 unspecified atom stereocenters. The van der Waals surface area contributed by atoms with Gasteiger partial charge < -0.3 is 19.7 Å². The molecule has 7 heteroatoms. The van der Waals surface area contributed by atoms with Crippen LogP contribution in [0.1, 0.15) is 26.3 Å². The fourth-order valence-electron chi connectivity index (χ4n) is 2.52. The van der Waals surface area contributed by atoms with E-state index in [0.29, 0.717) is 11.5 Å². The topological polar surface area (TPSA) is 84.9 Å². The van der Waals surface area contributed by atoms with Gasteiger partial charge in [-0.2, -0.15) is 0 Å². The van der Waals surface area contributed by atoms with Crippen LogP contribution >= 0.6 is 0 Å². The summed E-state index contributed by atoms with van der Waals surface area (Å²) in [4.78, 5) is 37.1. The molecule has 7 nitrogen and oxygen atoms in total. The largest absolute Gasteiger partial charge is 0.457 e. The van der Waals surface area contributed by atoms with Crippen LogP contribution in [-0.4, -0.2) is 48.4 Å². The van der Waals surface area contributed by atoms with Crippen molar-refractivity contribution in [3.05, 3.63) is 66.2 Å². The van der Waals surface area contributed by atoms with Gasteiger partial charge in [0.2, 0.25) is 5.91 Å². The summed E-state index contributed by atoms with van der Waals surface area (Å²) in [5.41, 5.74) is 0.356. The Hall–Kier alpha value is -3.61. The van der Waals surface area contributed by atoms with Gasteiger partial charge in [0.1, 0.15) is 11.5 Å². The summed E-state index contributed by atoms with van der Waals surface area (Å²) < 4.78 is 10.7. The molecule has 0 spiro atoms. The molecule has 0 saturated heterocycles. The number of benzene rings is 2. The number of amides is 2. The van der Waals surface area contributed by atoms with Crippen LogP contribution in [0.4, 0.5) is 0 Å². The summed E-state index contributed by atoms with van der Waals surface area (Å²) >= 11 is 0. The molecule has 0 fully saturated rings. The molecule has 0 aliphatic carbocycles. The molecule has 2 rings (SSSR count). The van der Waals surface area contributed by atoms with Crippen molar-refractivity contribution in [2.45, 2.75) is 26.3 Å². The number of nitrogens with one attached hydrogen (secondary N) is 1. The standard InChI is InChI=1S/C24H28N2O5/c1-24(2,3)25-21(27)16-26(4)22(28)17-30-23(29)14-13-18-9-8-12-20(15-18)31-19-10-6-5-7-11-19/h5-15H,16-17H2,1-4H3,(H,25,27)/b14-13+. The molecule has 0 aliphatic rings. The summed E-state index contributed by atoms with van der Waals surface area (Å²) in [6.07, 6.45) is 2.81. The number of rotatable bonds is 8. The van der Waals surface area contributed by atoms with Crippen molar-refractivity contribution >= 4 is 23.9 Å². The fourth-order valence-corrected chi connectivity index (χ4v) is 2.52. The van der Waals surface area contributed by atoms with E-state index in [0.717, 1.165) is 5.56 Å². The van der Waals surface area contributed by atoms with Crippen LogP contribution in [0.3, 0.4) is 0 Å². The molecule has 2 aromatic rings. The summed E-state index contributed by atoms with van der Waals surface area (Å²) in [6, 6.07) is 16.6. The quantitative estimate of drug-likeness (QED) is 0.519. The van der Waals surface area contributed by atoms with E-state index in [2.05, 4.69) is 5.32 Å². The van der Waals surface area contributed by atoms with Gasteiger partial charge in [-0.3, -0.25) is 9.59 Å². The average Bonchev–Trinajstić information content (AvgIpc) is 2.70. The molecule has 0 aliphatic heterocycles. The number of carbonyl (C=O) groups excluding carboxylic acids is 3. The summed E-state index contributed by atoms with van der Waals surface area (Å²) in [5, 5.41) is 2.77. The molecule has 2 amide bonds. The van der Waals surface area contributed by atoms with Crippen molar-refractivity contribution in [1.29, 1.82) is 0 Å². The van der Waals surface area contributed by atoms with Crippen LogP contribution in [-0.2, 0) is 19.1 Å². The van der Waals surface area contributed by atoms with E-state index in [1.54, 1.807) is 12.1 Å². The molecule has 0 bridgehead atoms. The van der Waals surface area contributed by atoms with Crippen molar-refractivity contribution in [2.24, 2.45) is 0 Å². The van der Waals surface area contributed by atoms with Crippen LogP contribution in [0.25, 0.3) is 6.08 Å². The van der Waals surface area contributed by atoms with Crippen LogP contribution in [0.15, 0.2) is 60.7 Å². The van der Waals surface area contributed by atoms with Crippen molar-refractivity contribution < 1.29 is 23.9 Å². The monoisotopic (exact) mass is 424 g/mol. The molecular weight excluding hydrogens is 396 g/mol. The summed E-state index contributed by atoms with van der Waals surface area (Å²) in [6.45, 7) is 5.00. The highest BCUT2D eigenvalue weighted by atomic mass is 16.5. The first-order valence-electron chi connectivity index (χ1n) is 9.85. The lowest BCUT2D eigenvalue weighted by atomic mass is 10.1. The van der Waals surface area contributed by atoms with Gasteiger partial charge in [0.25, 0.3) is 5.91 Å². The fraction of sp³-hybridized carbons (Fsp3) is 0.292. The van der Waals surface area contributed by atoms with Crippen LogP contribution in [0.2, 0.25) is 0 Å². The molecule has 2 aromatic carbocycles. The molecule has 0 atom stereocenters. The van der Waals surface area contributed by atoms with E-state index in [1.165, 1.54) is 18.0 Å². The Morgan fingerprint density at radius 2 is 1.68 bits per heavy atom. The maximum Gasteiger partial charge on any atom is 0.331 e. The number of nitrogens with zero attached hydrogens (tertiary/aromatic N) is 1. The zero-order valence-electron chi connectivity index (χ0n) is 18.3. The van der Waals surface area contributed by atoms with Crippen molar-refractivity contribution in [3.63, 3.8) is 0 Å². The third kappa shape index (κ3) is 9.16. The second kappa shape index (κ2) is 11.0. The number of esters is 1. The number of likely N-dealkylation sites (N-methyl/N-ethyl adjacent to an activating group) is 1. The number of ether oxygens (including phenoxy) is 2. The normalized spacial score (nSPS) is 11.1. The highest BCUT2D eigenvalue weighted by molar-refractivity contribution is 5.90. The Morgan fingerprint density at radius 1 is 1.00 bits per heavy atom. The Kier molecular flexibility index (Phi) is 8.37. The van der Waals surface area contributed by atoms with Gasteiger partial charge in [0, 0.05) is 18.7 Å². The van der Waals surface area contributed by atoms with Crippen LogP contribution in [0.5, 0.6) is 11.5 Å². The van der Waals surface area contributed by atoms with Crippen molar-refractivity contribution in [2.75, 3.05) is 20.2 Å². The molecule has 0 aromatic heterocycles. The zero-order chi connectivity index (χ0) is 22.9. The van der Waals surface area contributed by atoms with E-state index in [1.807, 2.05) is 69.3 Å². The van der Waals surface area contributed by atoms with Gasteiger partial charge in [0.15, 0.2) is 6.61 Å². The number of hydrogen-bond acceptors (Lipinski definition) is 5. The third-order valence-electron chi connectivity index (χ3n) is 3.91. The van der Waals surface area contributed by atoms with Gasteiger partial charge in [-0.15, -0.1) is 0 Å². The molecule has 0 radical (unpaired) electrons. The Bertz CT molecular complexity index is 932. The minimum atomic E-state index is -0.657. The minimum Gasteiger partial charge on any atom is -0.457 e. The van der Waals surface area contributed by atoms with Gasteiger partial charge in [-0.25, -0.2) is 4.79 Å². The number of hydrogen-bond donors (Lipinski definition) is 1. The first-order chi connectivity index (χ1) is 14.6. The number of carbonyl (C=O) groups is 3. The predicted octanol–water partition coefficient (Wildman–Crippen LogP) is 3.41. The molecule has 0 heterocycles. The third-order valence-corrected chi connectivity index (χ3v) is 3.91. The average molecular weight is 424 g/mol. The predicted molar refractivity (Wildman–Crippen MR) is 118 cm³/mol. The maximum atomic E-state index is 12.1. The van der Waals surface area contributed by atoms with E-state index < -0.39 is 18.5 Å². The van der Waals surface area contributed by atoms with E-state index >= 15 is 0 Å².